The quantitative estimate of drug-likeness (QED) is 0.642. The van der Waals surface area contributed by atoms with Crippen LogP contribution in [0.2, 0.25) is 0 Å². The first-order chi connectivity index (χ1) is 6.38. The predicted octanol–water partition coefficient (Wildman–Crippen LogP) is 2.10. The van der Waals surface area contributed by atoms with E-state index >= 15 is 0 Å². The SMILES string of the molecule is CCCN(CC=O)c1ccccc1. The average Bonchev–Trinajstić information content (AvgIpc) is 2.19. The van der Waals surface area contributed by atoms with Gasteiger partial charge in [-0.1, -0.05) is 25.1 Å². The number of carbonyl (C=O) groups excluding carboxylic acids is 1. The molecule has 0 spiro atoms. The summed E-state index contributed by atoms with van der Waals surface area (Å²) in [7, 11) is 0. The molecule has 0 bridgehead atoms. The maximum Gasteiger partial charge on any atom is 0.139 e. The van der Waals surface area contributed by atoms with Crippen LogP contribution in [0.4, 0.5) is 5.69 Å². The topological polar surface area (TPSA) is 20.3 Å². The fourth-order valence-corrected chi connectivity index (χ4v) is 1.32. The Morgan fingerprint density at radius 2 is 2.00 bits per heavy atom. The van der Waals surface area contributed by atoms with E-state index in [0.717, 1.165) is 24.9 Å². The van der Waals surface area contributed by atoms with E-state index < -0.39 is 0 Å². The highest BCUT2D eigenvalue weighted by molar-refractivity contribution is 5.61. The zero-order valence-electron chi connectivity index (χ0n) is 7.94. The molecular formula is C11H15NO. The second kappa shape index (κ2) is 5.36. The minimum atomic E-state index is 0.484. The standard InChI is InChI=1S/C11H15NO/c1-2-8-12(9-10-13)11-6-4-3-5-7-11/h3-7,10H,2,8-9H2,1H3. The third-order valence-corrected chi connectivity index (χ3v) is 1.91. The fraction of sp³-hybridized carbons (Fsp3) is 0.364. The van der Waals surface area contributed by atoms with Crippen molar-refractivity contribution in [1.82, 2.24) is 0 Å². The molecular weight excluding hydrogens is 162 g/mol. The number of anilines is 1. The number of benzene rings is 1. The van der Waals surface area contributed by atoms with E-state index in [9.17, 15) is 4.79 Å². The lowest BCUT2D eigenvalue weighted by Gasteiger charge is -2.21. The number of carbonyl (C=O) groups is 1. The molecule has 0 amide bonds. The van der Waals surface area contributed by atoms with Gasteiger partial charge >= 0.3 is 0 Å². The van der Waals surface area contributed by atoms with Crippen LogP contribution in [0.5, 0.6) is 0 Å². The van der Waals surface area contributed by atoms with E-state index in [1.807, 2.05) is 30.3 Å². The number of aldehydes is 1. The molecule has 0 radical (unpaired) electrons. The molecule has 0 aromatic heterocycles. The lowest BCUT2D eigenvalue weighted by Crippen LogP contribution is -2.25. The maximum absolute atomic E-state index is 10.4. The van der Waals surface area contributed by atoms with E-state index in [1.165, 1.54) is 0 Å². The Kier molecular flexibility index (Phi) is 4.03. The minimum Gasteiger partial charge on any atom is -0.365 e. The molecule has 2 heteroatoms. The van der Waals surface area contributed by atoms with Crippen LogP contribution in [0.3, 0.4) is 0 Å². The van der Waals surface area contributed by atoms with Gasteiger partial charge in [-0.3, -0.25) is 0 Å². The first-order valence-corrected chi connectivity index (χ1v) is 4.62. The molecule has 2 nitrogen and oxygen atoms in total. The first kappa shape index (κ1) is 9.78. The molecule has 0 aliphatic carbocycles. The van der Waals surface area contributed by atoms with Crippen molar-refractivity contribution >= 4 is 12.0 Å². The van der Waals surface area contributed by atoms with Crippen molar-refractivity contribution in [2.75, 3.05) is 18.0 Å². The number of nitrogens with zero attached hydrogens (tertiary/aromatic N) is 1. The normalized spacial score (nSPS) is 9.62. The van der Waals surface area contributed by atoms with Crippen molar-refractivity contribution in [3.63, 3.8) is 0 Å². The summed E-state index contributed by atoms with van der Waals surface area (Å²) >= 11 is 0. The number of hydrogen-bond acceptors (Lipinski definition) is 2. The summed E-state index contributed by atoms with van der Waals surface area (Å²) in [6, 6.07) is 10.0. The Morgan fingerprint density at radius 1 is 1.31 bits per heavy atom. The van der Waals surface area contributed by atoms with Crippen LogP contribution in [0.25, 0.3) is 0 Å². The highest BCUT2D eigenvalue weighted by Gasteiger charge is 2.02. The number of para-hydroxylation sites is 1. The van der Waals surface area contributed by atoms with Crippen LogP contribution >= 0.6 is 0 Å². The molecule has 13 heavy (non-hydrogen) atoms. The summed E-state index contributed by atoms with van der Waals surface area (Å²) < 4.78 is 0. The summed E-state index contributed by atoms with van der Waals surface area (Å²) in [5, 5.41) is 0. The highest BCUT2D eigenvalue weighted by Crippen LogP contribution is 2.12. The molecule has 0 heterocycles. The first-order valence-electron chi connectivity index (χ1n) is 4.62. The molecule has 0 N–H and O–H groups in total. The molecule has 1 aromatic carbocycles. The van der Waals surface area contributed by atoms with Gasteiger partial charge in [-0.15, -0.1) is 0 Å². The number of hydrogen-bond donors (Lipinski definition) is 0. The molecule has 0 atom stereocenters. The summed E-state index contributed by atoms with van der Waals surface area (Å²) in [4.78, 5) is 12.5. The summed E-state index contributed by atoms with van der Waals surface area (Å²) in [5.41, 5.74) is 1.12. The fourth-order valence-electron chi connectivity index (χ4n) is 1.32. The van der Waals surface area contributed by atoms with Gasteiger partial charge in [0.2, 0.25) is 0 Å². The maximum atomic E-state index is 10.4. The minimum absolute atomic E-state index is 0.484. The summed E-state index contributed by atoms with van der Waals surface area (Å²) in [6.07, 6.45) is 2.01. The molecule has 0 aliphatic rings. The largest absolute Gasteiger partial charge is 0.365 e. The van der Waals surface area contributed by atoms with Crippen LogP contribution in [0, 0.1) is 0 Å². The molecule has 0 saturated carbocycles. The van der Waals surface area contributed by atoms with Gasteiger partial charge in [0.1, 0.15) is 6.29 Å². The van der Waals surface area contributed by atoms with E-state index in [1.54, 1.807) is 0 Å². The number of rotatable bonds is 5. The van der Waals surface area contributed by atoms with Crippen molar-refractivity contribution < 1.29 is 4.79 Å². The molecule has 70 valence electrons. The van der Waals surface area contributed by atoms with Crippen molar-refractivity contribution in [2.24, 2.45) is 0 Å². The van der Waals surface area contributed by atoms with Gasteiger partial charge < -0.3 is 9.69 Å². The van der Waals surface area contributed by atoms with Gasteiger partial charge in [0.25, 0.3) is 0 Å². The van der Waals surface area contributed by atoms with Crippen LogP contribution in [-0.4, -0.2) is 19.4 Å². The molecule has 0 fully saturated rings. The molecule has 0 saturated heterocycles. The molecule has 0 aliphatic heterocycles. The predicted molar refractivity (Wildman–Crippen MR) is 55.0 cm³/mol. The lowest BCUT2D eigenvalue weighted by atomic mass is 10.2. The van der Waals surface area contributed by atoms with Crippen molar-refractivity contribution in [3.05, 3.63) is 30.3 Å². The van der Waals surface area contributed by atoms with Gasteiger partial charge in [-0.2, -0.15) is 0 Å². The van der Waals surface area contributed by atoms with Gasteiger partial charge in [0.15, 0.2) is 0 Å². The van der Waals surface area contributed by atoms with E-state index in [0.29, 0.717) is 6.54 Å². The monoisotopic (exact) mass is 177 g/mol. The Balaban J connectivity index is 2.69. The van der Waals surface area contributed by atoms with Crippen molar-refractivity contribution in [1.29, 1.82) is 0 Å². The summed E-state index contributed by atoms with van der Waals surface area (Å²) in [5.74, 6) is 0. The van der Waals surface area contributed by atoms with Crippen molar-refractivity contribution in [3.8, 4) is 0 Å². The molecule has 1 rings (SSSR count). The average molecular weight is 177 g/mol. The van der Waals surface area contributed by atoms with Crippen LogP contribution in [-0.2, 0) is 4.79 Å². The smallest absolute Gasteiger partial charge is 0.139 e. The Morgan fingerprint density at radius 3 is 2.54 bits per heavy atom. The van der Waals surface area contributed by atoms with Gasteiger partial charge in [-0.05, 0) is 18.6 Å². The Hall–Kier alpha value is -1.31. The molecule has 0 unspecified atom stereocenters. The third kappa shape index (κ3) is 2.90. The Labute approximate surface area is 79.2 Å². The van der Waals surface area contributed by atoms with Gasteiger partial charge in [-0.25, -0.2) is 0 Å². The van der Waals surface area contributed by atoms with Crippen LogP contribution < -0.4 is 4.90 Å². The second-order valence-electron chi connectivity index (χ2n) is 2.95. The lowest BCUT2D eigenvalue weighted by molar-refractivity contribution is -0.106. The van der Waals surface area contributed by atoms with Gasteiger partial charge in [0, 0.05) is 12.2 Å². The van der Waals surface area contributed by atoms with E-state index in [-0.39, 0.29) is 0 Å². The zero-order valence-corrected chi connectivity index (χ0v) is 7.94. The third-order valence-electron chi connectivity index (χ3n) is 1.91. The highest BCUT2D eigenvalue weighted by atomic mass is 16.1. The van der Waals surface area contributed by atoms with Gasteiger partial charge in [0.05, 0.1) is 6.54 Å². The van der Waals surface area contributed by atoms with Crippen LogP contribution in [0.15, 0.2) is 30.3 Å². The van der Waals surface area contributed by atoms with Crippen molar-refractivity contribution in [2.45, 2.75) is 13.3 Å². The Bertz CT molecular complexity index is 246. The second-order valence-corrected chi connectivity index (χ2v) is 2.95. The summed E-state index contributed by atoms with van der Waals surface area (Å²) in [6.45, 7) is 3.53. The van der Waals surface area contributed by atoms with E-state index in [4.69, 9.17) is 0 Å². The van der Waals surface area contributed by atoms with Crippen LogP contribution in [0.1, 0.15) is 13.3 Å². The zero-order chi connectivity index (χ0) is 9.52. The molecule has 1 aromatic rings. The van der Waals surface area contributed by atoms with E-state index in [2.05, 4.69) is 11.8 Å².